The molecule has 3 rings (SSSR count). The van der Waals surface area contributed by atoms with Crippen molar-refractivity contribution in [1.29, 1.82) is 0 Å². The van der Waals surface area contributed by atoms with Gasteiger partial charge in [-0.05, 0) is 37.1 Å². The molecule has 0 saturated heterocycles. The summed E-state index contributed by atoms with van der Waals surface area (Å²) >= 11 is 0. The minimum Gasteiger partial charge on any atom is -0.361 e. The van der Waals surface area contributed by atoms with Crippen LogP contribution in [0.15, 0.2) is 30.5 Å². The van der Waals surface area contributed by atoms with Gasteiger partial charge in [0, 0.05) is 35.8 Å². The molecule has 0 amide bonds. The van der Waals surface area contributed by atoms with Gasteiger partial charge in [-0.3, -0.25) is 0 Å². The predicted octanol–water partition coefficient (Wildman–Crippen LogP) is 2.75. The number of nitrogens with one attached hydrogen (secondary N) is 1. The molecule has 0 unspecified atom stereocenters. The third kappa shape index (κ3) is 2.61. The van der Waals surface area contributed by atoms with E-state index in [1.54, 1.807) is 13.0 Å². The van der Waals surface area contributed by atoms with Crippen LogP contribution in [0.2, 0.25) is 0 Å². The number of hydrogen-bond acceptors (Lipinski definition) is 2. The largest absolute Gasteiger partial charge is 0.361 e. The summed E-state index contributed by atoms with van der Waals surface area (Å²) in [5.74, 6) is -0.149. The number of benzene rings is 1. The molecule has 1 aliphatic heterocycles. The number of sulfonamides is 1. The normalized spacial score (nSPS) is 17.1. The Kier molecular flexibility index (Phi) is 3.59. The minimum absolute atomic E-state index is 0.120. The molecule has 0 bridgehead atoms. The van der Waals surface area contributed by atoms with Crippen molar-refractivity contribution >= 4 is 26.5 Å². The van der Waals surface area contributed by atoms with Crippen LogP contribution in [0.25, 0.3) is 16.5 Å². The number of hydrogen-bond donors (Lipinski definition) is 1. The highest BCUT2D eigenvalue weighted by Crippen LogP contribution is 2.30. The zero-order valence-electron chi connectivity index (χ0n) is 11.8. The molecule has 1 N–H and O–H groups in total. The number of rotatable bonds is 3. The van der Waals surface area contributed by atoms with Crippen molar-refractivity contribution in [2.24, 2.45) is 0 Å². The molecule has 0 radical (unpaired) electrons. The third-order valence-corrected chi connectivity index (χ3v) is 5.77. The lowest BCUT2D eigenvalue weighted by atomic mass is 10.00. The Morgan fingerprint density at radius 2 is 2.19 bits per heavy atom. The van der Waals surface area contributed by atoms with Gasteiger partial charge in [0.05, 0.1) is 5.75 Å². The van der Waals surface area contributed by atoms with Gasteiger partial charge in [-0.25, -0.2) is 12.8 Å². The summed E-state index contributed by atoms with van der Waals surface area (Å²) in [5, 5.41) is 0.841. The van der Waals surface area contributed by atoms with Crippen molar-refractivity contribution < 1.29 is 12.8 Å². The van der Waals surface area contributed by atoms with Crippen molar-refractivity contribution in [2.75, 3.05) is 18.8 Å². The smallest absolute Gasteiger partial charge is 0.214 e. The number of nitrogens with zero attached hydrogens (tertiary/aromatic N) is 1. The van der Waals surface area contributed by atoms with Crippen molar-refractivity contribution in [1.82, 2.24) is 9.29 Å². The Morgan fingerprint density at radius 1 is 1.38 bits per heavy atom. The number of fused-ring (bicyclic) bond motifs is 1. The van der Waals surface area contributed by atoms with Gasteiger partial charge in [0.15, 0.2) is 0 Å². The molecule has 0 atom stereocenters. The second-order valence-corrected chi connectivity index (χ2v) is 7.39. The van der Waals surface area contributed by atoms with Crippen LogP contribution in [0.4, 0.5) is 4.39 Å². The average Bonchev–Trinajstić information content (AvgIpc) is 2.90. The zero-order valence-corrected chi connectivity index (χ0v) is 12.6. The van der Waals surface area contributed by atoms with Gasteiger partial charge >= 0.3 is 0 Å². The second kappa shape index (κ2) is 5.27. The summed E-state index contributed by atoms with van der Waals surface area (Å²) < 4.78 is 38.6. The predicted molar refractivity (Wildman–Crippen MR) is 81.9 cm³/mol. The molecule has 0 aliphatic carbocycles. The first-order valence-corrected chi connectivity index (χ1v) is 8.56. The van der Waals surface area contributed by atoms with Crippen LogP contribution >= 0.6 is 0 Å². The van der Waals surface area contributed by atoms with Gasteiger partial charge in [0.2, 0.25) is 10.0 Å². The van der Waals surface area contributed by atoms with E-state index in [4.69, 9.17) is 0 Å². The number of H-pyrrole nitrogens is 1. The van der Waals surface area contributed by atoms with Gasteiger partial charge in [0.25, 0.3) is 0 Å². The summed E-state index contributed by atoms with van der Waals surface area (Å²) in [6.45, 7) is 2.51. The van der Waals surface area contributed by atoms with Crippen molar-refractivity contribution in [3.8, 4) is 0 Å². The fourth-order valence-electron chi connectivity index (χ4n) is 2.69. The zero-order chi connectivity index (χ0) is 15.0. The maximum atomic E-state index is 13.4. The van der Waals surface area contributed by atoms with Gasteiger partial charge in [-0.15, -0.1) is 0 Å². The molecule has 2 heterocycles. The average molecular weight is 308 g/mol. The van der Waals surface area contributed by atoms with Crippen molar-refractivity contribution in [2.45, 2.75) is 13.3 Å². The Bertz CT molecular complexity index is 808. The molecule has 4 nitrogen and oxygen atoms in total. The molecule has 0 saturated carbocycles. The van der Waals surface area contributed by atoms with Crippen LogP contribution < -0.4 is 0 Å². The SMILES string of the molecule is CCS(=O)(=O)N1CC=C(c2c[nH]c3ccc(F)cc23)CC1. The Hall–Kier alpha value is -1.66. The lowest BCUT2D eigenvalue weighted by Gasteiger charge is -2.25. The molecule has 1 aromatic carbocycles. The van der Waals surface area contributed by atoms with E-state index in [1.807, 2.05) is 12.3 Å². The molecular formula is C15H17FN2O2S. The Balaban J connectivity index is 1.93. The molecule has 1 aromatic heterocycles. The van der Waals surface area contributed by atoms with E-state index in [-0.39, 0.29) is 11.6 Å². The summed E-state index contributed by atoms with van der Waals surface area (Å²) in [4.78, 5) is 3.13. The van der Waals surface area contributed by atoms with Crippen LogP contribution in [0, 0.1) is 5.82 Å². The van der Waals surface area contributed by atoms with E-state index in [0.717, 1.165) is 22.0 Å². The fraction of sp³-hybridized carbons (Fsp3) is 0.333. The quantitative estimate of drug-likeness (QED) is 0.948. The highest BCUT2D eigenvalue weighted by molar-refractivity contribution is 7.89. The fourth-order valence-corrected chi connectivity index (χ4v) is 3.73. The maximum Gasteiger partial charge on any atom is 0.214 e. The lowest BCUT2D eigenvalue weighted by Crippen LogP contribution is -2.35. The number of halogens is 1. The monoisotopic (exact) mass is 308 g/mol. The first kappa shape index (κ1) is 14.3. The van der Waals surface area contributed by atoms with E-state index in [9.17, 15) is 12.8 Å². The topological polar surface area (TPSA) is 53.2 Å². The van der Waals surface area contributed by atoms with Crippen LogP contribution in [0.3, 0.4) is 0 Å². The summed E-state index contributed by atoms with van der Waals surface area (Å²) in [6.07, 6.45) is 4.42. The third-order valence-electron chi connectivity index (χ3n) is 3.92. The van der Waals surface area contributed by atoms with E-state index < -0.39 is 10.0 Å². The number of aromatic nitrogens is 1. The standard InChI is InChI=1S/C15H17FN2O2S/c1-2-21(19,20)18-7-5-11(6-8-18)14-10-17-15-4-3-12(16)9-13(14)15/h3-5,9-10,17H,2,6-8H2,1H3. The van der Waals surface area contributed by atoms with Gasteiger partial charge < -0.3 is 4.98 Å². The van der Waals surface area contributed by atoms with Crippen LogP contribution in [-0.4, -0.2) is 36.5 Å². The van der Waals surface area contributed by atoms with E-state index in [1.165, 1.54) is 16.4 Å². The highest BCUT2D eigenvalue weighted by atomic mass is 32.2. The van der Waals surface area contributed by atoms with Gasteiger partial charge in [-0.2, -0.15) is 4.31 Å². The first-order valence-electron chi connectivity index (χ1n) is 6.95. The summed E-state index contributed by atoms with van der Waals surface area (Å²) in [7, 11) is -3.14. The van der Waals surface area contributed by atoms with E-state index in [2.05, 4.69) is 4.98 Å². The molecule has 21 heavy (non-hydrogen) atoms. The van der Waals surface area contributed by atoms with Crippen LogP contribution in [0.1, 0.15) is 18.9 Å². The minimum atomic E-state index is -3.14. The Morgan fingerprint density at radius 3 is 2.86 bits per heavy atom. The van der Waals surface area contributed by atoms with Crippen LogP contribution in [0.5, 0.6) is 0 Å². The van der Waals surface area contributed by atoms with Crippen molar-refractivity contribution in [3.63, 3.8) is 0 Å². The lowest BCUT2D eigenvalue weighted by molar-refractivity contribution is 0.442. The van der Waals surface area contributed by atoms with Gasteiger partial charge in [0.1, 0.15) is 5.82 Å². The summed E-state index contributed by atoms with van der Waals surface area (Å²) in [5.41, 5.74) is 2.91. The van der Waals surface area contributed by atoms with Gasteiger partial charge in [-0.1, -0.05) is 6.08 Å². The van der Waals surface area contributed by atoms with E-state index in [0.29, 0.717) is 19.5 Å². The van der Waals surface area contributed by atoms with E-state index >= 15 is 0 Å². The molecule has 6 heteroatoms. The second-order valence-electron chi connectivity index (χ2n) is 5.13. The molecule has 0 spiro atoms. The summed E-state index contributed by atoms with van der Waals surface area (Å²) in [6, 6.07) is 4.65. The molecule has 0 fully saturated rings. The first-order chi connectivity index (χ1) is 10.0. The molecular weight excluding hydrogens is 291 g/mol. The number of aromatic amines is 1. The molecule has 1 aliphatic rings. The molecule has 2 aromatic rings. The van der Waals surface area contributed by atoms with Crippen molar-refractivity contribution in [3.05, 3.63) is 41.9 Å². The highest BCUT2D eigenvalue weighted by Gasteiger charge is 2.23. The van der Waals surface area contributed by atoms with Crippen LogP contribution in [-0.2, 0) is 10.0 Å². The maximum absolute atomic E-state index is 13.4. The molecule has 112 valence electrons. The Labute approximate surface area is 123 Å².